The molecule has 0 aliphatic heterocycles. The fourth-order valence-electron chi connectivity index (χ4n) is 6.33. The molecule has 182 valence electrons. The number of hydrogen-bond acceptors (Lipinski definition) is 1. The van der Waals surface area contributed by atoms with E-state index in [0.29, 0.717) is 0 Å². The molecule has 0 amide bonds. The molecule has 1 nitrogen and oxygen atoms in total. The first kappa shape index (κ1) is 25.5. The predicted octanol–water partition coefficient (Wildman–Crippen LogP) is 9.58. The van der Waals surface area contributed by atoms with Crippen LogP contribution in [0.3, 0.4) is 0 Å². The van der Waals surface area contributed by atoms with E-state index in [1.165, 1.54) is 64.2 Å². The van der Waals surface area contributed by atoms with Gasteiger partial charge in [0.25, 0.3) is 0 Å². The van der Waals surface area contributed by atoms with Crippen LogP contribution in [-0.4, -0.2) is 6.10 Å². The number of hydrogen-bond donors (Lipinski definition) is 0. The van der Waals surface area contributed by atoms with Gasteiger partial charge in [-0.3, -0.25) is 0 Å². The summed E-state index contributed by atoms with van der Waals surface area (Å²) in [5.74, 6) is 1.69. The lowest BCUT2D eigenvalue weighted by atomic mass is 9.68. The largest absolute Gasteiger partial charge is 0.485 e. The van der Waals surface area contributed by atoms with E-state index in [-0.39, 0.29) is 17.8 Å². The monoisotopic (exact) mass is 448 g/mol. The van der Waals surface area contributed by atoms with Crippen molar-refractivity contribution in [1.82, 2.24) is 0 Å². The highest BCUT2D eigenvalue weighted by Gasteiger charge is 2.31. The highest BCUT2D eigenvalue weighted by molar-refractivity contribution is 5.33. The summed E-state index contributed by atoms with van der Waals surface area (Å²) in [5.41, 5.74) is 0.827. The lowest BCUT2D eigenvalue weighted by Crippen LogP contribution is -2.25. The topological polar surface area (TPSA) is 9.23 Å². The van der Waals surface area contributed by atoms with E-state index in [2.05, 4.69) is 13.8 Å². The van der Waals surface area contributed by atoms with Gasteiger partial charge < -0.3 is 4.74 Å². The molecule has 0 saturated heterocycles. The van der Waals surface area contributed by atoms with Crippen LogP contribution < -0.4 is 4.74 Å². The fourth-order valence-corrected chi connectivity index (χ4v) is 6.33. The Balaban J connectivity index is 1.49. The normalized spacial score (nSPS) is 27.3. The van der Waals surface area contributed by atoms with E-state index in [1.54, 1.807) is 12.1 Å². The Morgan fingerprint density at radius 3 is 1.97 bits per heavy atom. The van der Waals surface area contributed by atoms with E-state index in [0.717, 1.165) is 55.4 Å². The number of rotatable bonds is 11. The van der Waals surface area contributed by atoms with Gasteiger partial charge in [-0.25, -0.2) is 8.78 Å². The van der Waals surface area contributed by atoms with Gasteiger partial charge in [-0.15, -0.1) is 0 Å². The van der Waals surface area contributed by atoms with Crippen molar-refractivity contribution in [1.29, 1.82) is 0 Å². The van der Waals surface area contributed by atoms with Crippen LogP contribution in [0.4, 0.5) is 8.78 Å². The third kappa shape index (κ3) is 7.19. The second kappa shape index (κ2) is 12.9. The van der Waals surface area contributed by atoms with Crippen molar-refractivity contribution >= 4 is 0 Å². The van der Waals surface area contributed by atoms with Crippen molar-refractivity contribution in [3.63, 3.8) is 0 Å². The van der Waals surface area contributed by atoms with Crippen LogP contribution in [-0.2, 0) is 0 Å². The Morgan fingerprint density at radius 1 is 0.812 bits per heavy atom. The minimum Gasteiger partial charge on any atom is -0.485 e. The molecule has 0 heterocycles. The van der Waals surface area contributed by atoms with Crippen LogP contribution in [0.2, 0.25) is 0 Å². The third-order valence-electron chi connectivity index (χ3n) is 8.30. The molecule has 0 N–H and O–H groups in total. The number of ether oxygens (including phenoxy) is 1. The van der Waals surface area contributed by atoms with Crippen molar-refractivity contribution in [3.05, 3.63) is 29.3 Å². The van der Waals surface area contributed by atoms with Crippen LogP contribution >= 0.6 is 0 Å². The first-order valence-electron chi connectivity index (χ1n) is 13.7. The summed E-state index contributed by atoms with van der Waals surface area (Å²) in [6.45, 7) is 6.39. The molecule has 0 spiro atoms. The molecule has 2 saturated carbocycles. The molecule has 3 heteroatoms. The summed E-state index contributed by atoms with van der Waals surface area (Å²) in [6.07, 6.45) is 18.1. The van der Waals surface area contributed by atoms with Gasteiger partial charge in [0.1, 0.15) is 0 Å². The van der Waals surface area contributed by atoms with Gasteiger partial charge >= 0.3 is 0 Å². The van der Waals surface area contributed by atoms with Gasteiger partial charge in [0.2, 0.25) is 0 Å². The molecule has 0 radical (unpaired) electrons. The average Bonchev–Trinajstić information content (AvgIpc) is 2.80. The molecule has 0 bridgehead atoms. The van der Waals surface area contributed by atoms with E-state index in [1.807, 2.05) is 6.92 Å². The summed E-state index contributed by atoms with van der Waals surface area (Å²) in [7, 11) is 0. The van der Waals surface area contributed by atoms with Crippen LogP contribution in [0.25, 0.3) is 0 Å². The SMILES string of the molecule is CCCCCC[C@@H](C)Oc1c(F)cc(C2CCC(C3CCC(CCC)CC3)CC2)cc1F. The molecule has 0 aromatic heterocycles. The molecule has 32 heavy (non-hydrogen) atoms. The van der Waals surface area contributed by atoms with Crippen molar-refractivity contribution in [2.75, 3.05) is 0 Å². The summed E-state index contributed by atoms with van der Waals surface area (Å²) in [4.78, 5) is 0. The Hall–Kier alpha value is -1.12. The van der Waals surface area contributed by atoms with Crippen molar-refractivity contribution in [3.8, 4) is 5.75 Å². The zero-order valence-corrected chi connectivity index (χ0v) is 20.8. The maximum Gasteiger partial charge on any atom is 0.191 e. The first-order valence-corrected chi connectivity index (χ1v) is 13.7. The first-order chi connectivity index (χ1) is 15.5. The smallest absolute Gasteiger partial charge is 0.191 e. The maximum atomic E-state index is 14.8. The average molecular weight is 449 g/mol. The van der Waals surface area contributed by atoms with Crippen LogP contribution in [0.5, 0.6) is 5.75 Å². The summed E-state index contributed by atoms with van der Waals surface area (Å²) >= 11 is 0. The summed E-state index contributed by atoms with van der Waals surface area (Å²) < 4.78 is 35.2. The quantitative estimate of drug-likeness (QED) is 0.306. The van der Waals surface area contributed by atoms with Crippen molar-refractivity contribution in [2.24, 2.45) is 17.8 Å². The Bertz CT molecular complexity index is 649. The Morgan fingerprint density at radius 2 is 1.41 bits per heavy atom. The lowest BCUT2D eigenvalue weighted by molar-refractivity contribution is 0.156. The molecule has 2 fully saturated rings. The number of unbranched alkanes of at least 4 members (excludes halogenated alkanes) is 3. The molecule has 1 aromatic rings. The highest BCUT2D eigenvalue weighted by Crippen LogP contribution is 2.45. The molecule has 1 atom stereocenters. The lowest BCUT2D eigenvalue weighted by Gasteiger charge is -2.38. The van der Waals surface area contributed by atoms with Gasteiger partial charge in [0.15, 0.2) is 17.4 Å². The second-order valence-electron chi connectivity index (χ2n) is 10.8. The molecule has 0 unspecified atom stereocenters. The number of benzene rings is 1. The highest BCUT2D eigenvalue weighted by atomic mass is 19.1. The minimum atomic E-state index is -0.531. The van der Waals surface area contributed by atoms with E-state index >= 15 is 0 Å². The van der Waals surface area contributed by atoms with Gasteiger partial charge in [0, 0.05) is 0 Å². The predicted molar refractivity (Wildman–Crippen MR) is 130 cm³/mol. The second-order valence-corrected chi connectivity index (χ2v) is 10.8. The van der Waals surface area contributed by atoms with Gasteiger partial charge in [-0.05, 0) is 99.7 Å². The molecule has 2 aliphatic rings. The van der Waals surface area contributed by atoms with Gasteiger partial charge in [-0.2, -0.15) is 0 Å². The van der Waals surface area contributed by atoms with Crippen LogP contribution in [0.1, 0.15) is 129 Å². The van der Waals surface area contributed by atoms with Crippen molar-refractivity contribution < 1.29 is 13.5 Å². The van der Waals surface area contributed by atoms with E-state index in [4.69, 9.17) is 4.74 Å². The van der Waals surface area contributed by atoms with Crippen LogP contribution in [0, 0.1) is 29.4 Å². The van der Waals surface area contributed by atoms with Gasteiger partial charge in [-0.1, -0.05) is 58.8 Å². The van der Waals surface area contributed by atoms with Crippen LogP contribution in [0.15, 0.2) is 12.1 Å². The van der Waals surface area contributed by atoms with Crippen molar-refractivity contribution in [2.45, 2.75) is 129 Å². The maximum absolute atomic E-state index is 14.8. The van der Waals surface area contributed by atoms with Gasteiger partial charge in [0.05, 0.1) is 6.10 Å². The molecular formula is C29H46F2O. The summed E-state index contributed by atoms with van der Waals surface area (Å²) in [6, 6.07) is 3.09. The van der Waals surface area contributed by atoms with E-state index in [9.17, 15) is 8.78 Å². The standard InChI is InChI=1S/C29H46F2O/c1-4-6-7-8-10-21(3)32-29-27(30)19-26(20-28(29)31)25-17-15-24(16-18-25)23-13-11-22(9-5-2)12-14-23/h19-25H,4-18H2,1-3H3/t21-,22?,23?,24?,25?/m1/s1. The third-order valence-corrected chi connectivity index (χ3v) is 8.30. The summed E-state index contributed by atoms with van der Waals surface area (Å²) in [5, 5.41) is 0. The zero-order valence-electron chi connectivity index (χ0n) is 20.8. The minimum absolute atomic E-state index is 0.162. The molecular weight excluding hydrogens is 402 g/mol. The van der Waals surface area contributed by atoms with E-state index < -0.39 is 11.6 Å². The Labute approximate surface area is 195 Å². The molecule has 3 rings (SSSR count). The zero-order chi connectivity index (χ0) is 22.9. The fraction of sp³-hybridized carbons (Fsp3) is 0.793. The number of halogens is 2. The Kier molecular flexibility index (Phi) is 10.3. The molecule has 1 aromatic carbocycles. The molecule has 2 aliphatic carbocycles.